The first-order valence-electron chi connectivity index (χ1n) is 7.26. The van der Waals surface area contributed by atoms with Gasteiger partial charge in [-0.05, 0) is 13.0 Å². The van der Waals surface area contributed by atoms with Crippen molar-refractivity contribution in [3.05, 3.63) is 39.7 Å². The van der Waals surface area contributed by atoms with Crippen LogP contribution >= 0.6 is 11.3 Å². The zero-order chi connectivity index (χ0) is 16.0. The molecule has 4 heterocycles. The van der Waals surface area contributed by atoms with E-state index in [1.165, 1.54) is 0 Å². The van der Waals surface area contributed by atoms with Crippen LogP contribution in [0.1, 0.15) is 17.7 Å². The monoisotopic (exact) mass is 323 g/mol. The molecular formula is C16H13N5OS. The van der Waals surface area contributed by atoms with Gasteiger partial charge in [0.2, 0.25) is 0 Å². The van der Waals surface area contributed by atoms with Gasteiger partial charge < -0.3 is 9.64 Å². The number of H-pyrrole nitrogens is 1. The van der Waals surface area contributed by atoms with E-state index in [2.05, 4.69) is 27.2 Å². The van der Waals surface area contributed by atoms with E-state index >= 15 is 0 Å². The van der Waals surface area contributed by atoms with Gasteiger partial charge in [0.25, 0.3) is 0 Å². The molecule has 1 unspecified atom stereocenters. The third-order valence-corrected chi connectivity index (χ3v) is 5.51. The fourth-order valence-electron chi connectivity index (χ4n) is 3.27. The Kier molecular flexibility index (Phi) is 3.19. The average molecular weight is 323 g/mol. The maximum Gasteiger partial charge on any atom is 0.0977 e. The van der Waals surface area contributed by atoms with Crippen LogP contribution in [0.4, 0.5) is 0 Å². The number of nitriles is 2. The molecule has 1 atom stereocenters. The Morgan fingerprint density at radius 1 is 1.39 bits per heavy atom. The van der Waals surface area contributed by atoms with Crippen LogP contribution < -0.4 is 0 Å². The molecule has 2 aromatic rings. The van der Waals surface area contributed by atoms with Crippen molar-refractivity contribution in [2.24, 2.45) is 0 Å². The molecule has 0 radical (unpaired) electrons. The number of allylic oxidation sites excluding steroid dienone is 3. The number of aromatic amines is 1. The van der Waals surface area contributed by atoms with Crippen LogP contribution in [-0.2, 0) is 4.74 Å². The van der Waals surface area contributed by atoms with Crippen LogP contribution in [0.2, 0.25) is 0 Å². The second-order valence-electron chi connectivity index (χ2n) is 5.52. The molecule has 7 heteroatoms. The van der Waals surface area contributed by atoms with Crippen molar-refractivity contribution in [3.8, 4) is 12.1 Å². The maximum absolute atomic E-state index is 9.75. The minimum absolute atomic E-state index is 0.316. The van der Waals surface area contributed by atoms with E-state index in [9.17, 15) is 10.5 Å². The zero-order valence-electron chi connectivity index (χ0n) is 12.5. The van der Waals surface area contributed by atoms with Crippen molar-refractivity contribution in [2.45, 2.75) is 12.8 Å². The van der Waals surface area contributed by atoms with Gasteiger partial charge in [-0.15, -0.1) is 11.3 Å². The molecule has 1 N–H and O–H groups in total. The van der Waals surface area contributed by atoms with Gasteiger partial charge in [0.1, 0.15) is 0 Å². The van der Waals surface area contributed by atoms with E-state index in [4.69, 9.17) is 4.74 Å². The number of morpholine rings is 1. The number of nitrogens with zero attached hydrogens (tertiary/aromatic N) is 4. The summed E-state index contributed by atoms with van der Waals surface area (Å²) in [6.45, 7) is 3.66. The first-order chi connectivity index (χ1) is 11.2. The predicted molar refractivity (Wildman–Crippen MR) is 85.2 cm³/mol. The fraction of sp³-hybridized carbons (Fsp3) is 0.312. The van der Waals surface area contributed by atoms with Gasteiger partial charge in [0.15, 0.2) is 0 Å². The van der Waals surface area contributed by atoms with Crippen molar-refractivity contribution < 1.29 is 4.74 Å². The Labute approximate surface area is 136 Å². The van der Waals surface area contributed by atoms with Gasteiger partial charge in [-0.1, -0.05) is 0 Å². The highest BCUT2D eigenvalue weighted by Crippen LogP contribution is 2.45. The van der Waals surface area contributed by atoms with Gasteiger partial charge in [-0.3, -0.25) is 5.10 Å². The quantitative estimate of drug-likeness (QED) is 0.871. The Hall–Kier alpha value is -2.61. The van der Waals surface area contributed by atoms with E-state index in [0.717, 1.165) is 26.5 Å². The van der Waals surface area contributed by atoms with Gasteiger partial charge in [-0.2, -0.15) is 15.6 Å². The lowest BCUT2D eigenvalue weighted by Crippen LogP contribution is -2.38. The number of ether oxygens (including phenoxy) is 1. The summed E-state index contributed by atoms with van der Waals surface area (Å²) in [5.74, 6) is -0.316. The summed E-state index contributed by atoms with van der Waals surface area (Å²) in [4.78, 5) is 3.04. The van der Waals surface area contributed by atoms with Crippen molar-refractivity contribution >= 4 is 21.6 Å². The van der Waals surface area contributed by atoms with E-state index in [0.29, 0.717) is 30.9 Å². The molecule has 1 fully saturated rings. The molecule has 0 spiro atoms. The van der Waals surface area contributed by atoms with Crippen LogP contribution in [0, 0.1) is 22.7 Å². The Morgan fingerprint density at radius 2 is 2.22 bits per heavy atom. The highest BCUT2D eigenvalue weighted by Gasteiger charge is 2.36. The number of hydrogen-bond acceptors (Lipinski definition) is 6. The smallest absolute Gasteiger partial charge is 0.0977 e. The molecule has 2 aliphatic heterocycles. The lowest BCUT2D eigenvalue weighted by molar-refractivity contribution is 0.0836. The Bertz CT molecular complexity index is 907. The molecule has 2 aromatic heterocycles. The molecule has 23 heavy (non-hydrogen) atoms. The van der Waals surface area contributed by atoms with Crippen molar-refractivity contribution in [1.29, 1.82) is 10.5 Å². The normalized spacial score (nSPS) is 21.3. The van der Waals surface area contributed by atoms with E-state index in [1.807, 2.05) is 13.0 Å². The lowest BCUT2D eigenvalue weighted by atomic mass is 9.84. The van der Waals surface area contributed by atoms with Gasteiger partial charge >= 0.3 is 0 Å². The molecule has 4 rings (SSSR count). The third-order valence-electron chi connectivity index (χ3n) is 4.38. The second kappa shape index (κ2) is 5.24. The topological polar surface area (TPSA) is 88.7 Å². The number of rotatable bonds is 1. The summed E-state index contributed by atoms with van der Waals surface area (Å²) in [6, 6.07) is 6.64. The Balaban J connectivity index is 1.93. The molecular weight excluding hydrogens is 310 g/mol. The summed E-state index contributed by atoms with van der Waals surface area (Å²) < 4.78 is 6.57. The first kappa shape index (κ1) is 14.0. The second-order valence-corrected chi connectivity index (χ2v) is 6.63. The SMILES string of the molecule is CC1=C(C#N)C(c2cc3[nH]ncc3s2)C(C#N)=C2COCCN12. The summed E-state index contributed by atoms with van der Waals surface area (Å²) >= 11 is 1.57. The van der Waals surface area contributed by atoms with Gasteiger partial charge in [0.05, 0.1) is 64.5 Å². The van der Waals surface area contributed by atoms with Crippen molar-refractivity contribution in [3.63, 3.8) is 0 Å². The minimum atomic E-state index is -0.316. The summed E-state index contributed by atoms with van der Waals surface area (Å²) in [5.41, 5.74) is 4.00. The van der Waals surface area contributed by atoms with Gasteiger partial charge in [0, 0.05) is 17.1 Å². The number of nitrogens with one attached hydrogen (secondary N) is 1. The first-order valence-corrected chi connectivity index (χ1v) is 8.08. The molecule has 0 bridgehead atoms. The summed E-state index contributed by atoms with van der Waals surface area (Å²) in [7, 11) is 0. The molecule has 2 aliphatic rings. The third kappa shape index (κ3) is 1.98. The number of thiophene rings is 1. The number of hydrogen-bond donors (Lipinski definition) is 1. The maximum atomic E-state index is 9.75. The lowest BCUT2D eigenvalue weighted by Gasteiger charge is -2.39. The van der Waals surface area contributed by atoms with Crippen LogP contribution in [0.15, 0.2) is 34.8 Å². The zero-order valence-corrected chi connectivity index (χ0v) is 13.3. The minimum Gasteiger partial charge on any atom is -0.373 e. The van der Waals surface area contributed by atoms with Crippen molar-refractivity contribution in [1.82, 2.24) is 15.1 Å². The number of aromatic nitrogens is 2. The molecule has 0 saturated carbocycles. The average Bonchev–Trinajstić information content (AvgIpc) is 3.16. The Morgan fingerprint density at radius 3 is 2.96 bits per heavy atom. The number of fused-ring (bicyclic) bond motifs is 2. The van der Waals surface area contributed by atoms with Crippen molar-refractivity contribution in [2.75, 3.05) is 19.8 Å². The van der Waals surface area contributed by atoms with Crippen LogP contribution in [0.5, 0.6) is 0 Å². The molecule has 0 amide bonds. The fourth-order valence-corrected chi connectivity index (χ4v) is 4.37. The van der Waals surface area contributed by atoms with Crippen LogP contribution in [-0.4, -0.2) is 34.9 Å². The van der Waals surface area contributed by atoms with Gasteiger partial charge in [-0.25, -0.2) is 0 Å². The predicted octanol–water partition coefficient (Wildman–Crippen LogP) is 2.63. The summed E-state index contributed by atoms with van der Waals surface area (Å²) in [5, 5.41) is 26.4. The van der Waals surface area contributed by atoms with E-state index in [1.54, 1.807) is 17.5 Å². The standard InChI is InChI=1S/C16H13N5OS/c1-9-10(5-17)16(14-4-12-15(23-14)7-19-20-12)11(6-18)13-8-22-3-2-21(9)13/h4,7,16H,2-3,8H2,1H3,(H,19,20). The van der Waals surface area contributed by atoms with E-state index < -0.39 is 0 Å². The highest BCUT2D eigenvalue weighted by molar-refractivity contribution is 7.19. The molecule has 6 nitrogen and oxygen atoms in total. The molecule has 1 saturated heterocycles. The highest BCUT2D eigenvalue weighted by atomic mass is 32.1. The largest absolute Gasteiger partial charge is 0.373 e. The molecule has 0 aliphatic carbocycles. The van der Waals surface area contributed by atoms with Crippen LogP contribution in [0.3, 0.4) is 0 Å². The summed E-state index contributed by atoms with van der Waals surface area (Å²) in [6.07, 6.45) is 1.77. The molecule has 114 valence electrons. The van der Waals surface area contributed by atoms with Crippen LogP contribution in [0.25, 0.3) is 10.2 Å². The van der Waals surface area contributed by atoms with E-state index in [-0.39, 0.29) is 5.92 Å². The molecule has 0 aromatic carbocycles.